The molecule has 0 fully saturated rings. The normalized spacial score (nSPS) is 10.4. The maximum Gasteiger partial charge on any atom is 0.338 e. The first-order chi connectivity index (χ1) is 14.1. The minimum Gasteiger partial charge on any atom is -0.462 e. The highest BCUT2D eigenvalue weighted by molar-refractivity contribution is 6.30. The standard InChI is InChI=1S/C23H21ClN2O3/c1-2-29-23(28)19-5-9-21(10-6-19)26(16-18-11-13-25-14-12-18)22(27)15-17-3-7-20(24)8-4-17/h3-14H,2,15-16H2,1H3. The van der Waals surface area contributed by atoms with Crippen LogP contribution in [0.3, 0.4) is 0 Å². The van der Waals surface area contributed by atoms with Crippen LogP contribution >= 0.6 is 11.6 Å². The molecule has 0 aliphatic carbocycles. The van der Waals surface area contributed by atoms with E-state index in [2.05, 4.69) is 4.98 Å². The molecule has 0 saturated carbocycles. The maximum atomic E-state index is 13.1. The van der Waals surface area contributed by atoms with Gasteiger partial charge in [0, 0.05) is 23.1 Å². The molecule has 0 unspecified atom stereocenters. The van der Waals surface area contributed by atoms with E-state index in [1.807, 2.05) is 24.3 Å². The molecule has 148 valence electrons. The zero-order chi connectivity index (χ0) is 20.6. The van der Waals surface area contributed by atoms with E-state index in [1.165, 1.54) is 0 Å². The molecule has 2 aromatic carbocycles. The number of nitrogens with zero attached hydrogens (tertiary/aromatic N) is 2. The van der Waals surface area contributed by atoms with Crippen molar-refractivity contribution in [3.8, 4) is 0 Å². The molecule has 3 aromatic rings. The molecule has 0 saturated heterocycles. The van der Waals surface area contributed by atoms with Crippen LogP contribution in [-0.2, 0) is 22.5 Å². The Bertz CT molecular complexity index is 958. The van der Waals surface area contributed by atoms with Crippen LogP contribution < -0.4 is 4.90 Å². The van der Waals surface area contributed by atoms with Crippen molar-refractivity contribution >= 4 is 29.2 Å². The molecule has 0 aliphatic heterocycles. The van der Waals surface area contributed by atoms with Crippen molar-refractivity contribution in [2.75, 3.05) is 11.5 Å². The topological polar surface area (TPSA) is 59.5 Å². The Morgan fingerprint density at radius 3 is 2.21 bits per heavy atom. The first-order valence-electron chi connectivity index (χ1n) is 9.27. The number of ether oxygens (including phenoxy) is 1. The number of hydrogen-bond acceptors (Lipinski definition) is 4. The van der Waals surface area contributed by atoms with Crippen molar-refractivity contribution in [3.05, 3.63) is 94.8 Å². The molecule has 1 amide bonds. The van der Waals surface area contributed by atoms with Gasteiger partial charge in [-0.1, -0.05) is 23.7 Å². The van der Waals surface area contributed by atoms with Crippen LogP contribution in [0.25, 0.3) is 0 Å². The number of carbonyl (C=O) groups is 2. The van der Waals surface area contributed by atoms with Crippen LogP contribution in [0.15, 0.2) is 73.1 Å². The van der Waals surface area contributed by atoms with Crippen molar-refractivity contribution < 1.29 is 14.3 Å². The first kappa shape index (κ1) is 20.6. The molecule has 6 heteroatoms. The van der Waals surface area contributed by atoms with Gasteiger partial charge in [0.15, 0.2) is 0 Å². The molecule has 5 nitrogen and oxygen atoms in total. The maximum absolute atomic E-state index is 13.1. The number of aromatic nitrogens is 1. The summed E-state index contributed by atoms with van der Waals surface area (Å²) in [5.74, 6) is -0.444. The highest BCUT2D eigenvalue weighted by Crippen LogP contribution is 2.21. The third-order valence-electron chi connectivity index (χ3n) is 4.35. The van der Waals surface area contributed by atoms with Crippen molar-refractivity contribution in [2.24, 2.45) is 0 Å². The molecule has 0 bridgehead atoms. The summed E-state index contributed by atoms with van der Waals surface area (Å²) in [6, 6.07) is 17.8. The Morgan fingerprint density at radius 2 is 1.59 bits per heavy atom. The van der Waals surface area contributed by atoms with E-state index in [0.717, 1.165) is 11.1 Å². The lowest BCUT2D eigenvalue weighted by atomic mass is 10.1. The summed E-state index contributed by atoms with van der Waals surface area (Å²) in [7, 11) is 0. The Hall–Kier alpha value is -3.18. The van der Waals surface area contributed by atoms with E-state index >= 15 is 0 Å². The highest BCUT2D eigenvalue weighted by atomic mass is 35.5. The van der Waals surface area contributed by atoms with Crippen LogP contribution in [0, 0.1) is 0 Å². The number of carbonyl (C=O) groups excluding carboxylic acids is 2. The number of esters is 1. The number of rotatable bonds is 7. The molecule has 0 N–H and O–H groups in total. The van der Waals surface area contributed by atoms with Gasteiger partial charge in [-0.2, -0.15) is 0 Å². The summed E-state index contributed by atoms with van der Waals surface area (Å²) in [5, 5.41) is 0.629. The minimum absolute atomic E-state index is 0.0620. The monoisotopic (exact) mass is 408 g/mol. The van der Waals surface area contributed by atoms with Gasteiger partial charge < -0.3 is 9.64 Å². The van der Waals surface area contributed by atoms with Gasteiger partial charge in [0.25, 0.3) is 0 Å². The van der Waals surface area contributed by atoms with Gasteiger partial charge in [-0.05, 0) is 66.6 Å². The summed E-state index contributed by atoms with van der Waals surface area (Å²) >= 11 is 5.94. The van der Waals surface area contributed by atoms with Crippen LogP contribution in [-0.4, -0.2) is 23.5 Å². The summed E-state index contributed by atoms with van der Waals surface area (Å²) in [4.78, 5) is 30.7. The van der Waals surface area contributed by atoms with E-state index in [0.29, 0.717) is 29.4 Å². The summed E-state index contributed by atoms with van der Waals surface area (Å²) < 4.78 is 5.02. The molecule has 0 aliphatic rings. The number of anilines is 1. The fourth-order valence-corrected chi connectivity index (χ4v) is 2.98. The van der Waals surface area contributed by atoms with E-state index in [-0.39, 0.29) is 18.3 Å². The number of pyridine rings is 1. The lowest BCUT2D eigenvalue weighted by molar-refractivity contribution is -0.118. The number of amides is 1. The second-order valence-electron chi connectivity index (χ2n) is 6.41. The van der Waals surface area contributed by atoms with Gasteiger partial charge in [-0.15, -0.1) is 0 Å². The van der Waals surface area contributed by atoms with Gasteiger partial charge in [0.1, 0.15) is 0 Å². The molecule has 1 heterocycles. The van der Waals surface area contributed by atoms with Crippen molar-refractivity contribution in [3.63, 3.8) is 0 Å². The number of halogens is 1. The highest BCUT2D eigenvalue weighted by Gasteiger charge is 2.18. The van der Waals surface area contributed by atoms with Gasteiger partial charge in [0.2, 0.25) is 5.91 Å². The van der Waals surface area contributed by atoms with Crippen LogP contribution in [0.2, 0.25) is 5.02 Å². The molecule has 0 radical (unpaired) electrons. The number of hydrogen-bond donors (Lipinski definition) is 0. The minimum atomic E-state index is -0.382. The van der Waals surface area contributed by atoms with E-state index in [9.17, 15) is 9.59 Å². The lowest BCUT2D eigenvalue weighted by Crippen LogP contribution is -2.31. The van der Waals surface area contributed by atoms with Crippen LogP contribution in [0.4, 0.5) is 5.69 Å². The average molecular weight is 409 g/mol. The quantitative estimate of drug-likeness (QED) is 0.532. The molecule has 0 spiro atoms. The Balaban J connectivity index is 1.85. The third kappa shape index (κ3) is 5.65. The Labute approximate surface area is 174 Å². The fourth-order valence-electron chi connectivity index (χ4n) is 2.86. The van der Waals surface area contributed by atoms with E-state index in [4.69, 9.17) is 16.3 Å². The van der Waals surface area contributed by atoms with Gasteiger partial charge in [-0.25, -0.2) is 4.79 Å². The predicted molar refractivity (Wildman–Crippen MR) is 113 cm³/mol. The van der Waals surface area contributed by atoms with Gasteiger partial charge in [0.05, 0.1) is 25.1 Å². The largest absolute Gasteiger partial charge is 0.462 e. The molecular formula is C23H21ClN2O3. The second kappa shape index (κ2) is 9.85. The fraction of sp³-hybridized carbons (Fsp3) is 0.174. The zero-order valence-corrected chi connectivity index (χ0v) is 16.8. The predicted octanol–water partition coefficient (Wildman–Crippen LogP) is 4.69. The second-order valence-corrected chi connectivity index (χ2v) is 6.84. The molecule has 29 heavy (non-hydrogen) atoms. The first-order valence-corrected chi connectivity index (χ1v) is 9.65. The van der Waals surface area contributed by atoms with Crippen molar-refractivity contribution in [2.45, 2.75) is 19.9 Å². The van der Waals surface area contributed by atoms with Crippen molar-refractivity contribution in [1.82, 2.24) is 4.98 Å². The number of benzene rings is 2. The lowest BCUT2D eigenvalue weighted by Gasteiger charge is -2.23. The summed E-state index contributed by atoms with van der Waals surface area (Å²) in [6.45, 7) is 2.47. The molecular weight excluding hydrogens is 388 g/mol. The summed E-state index contributed by atoms with van der Waals surface area (Å²) in [6.07, 6.45) is 3.63. The Kier molecular flexibility index (Phi) is 6.98. The van der Waals surface area contributed by atoms with Gasteiger partial charge in [-0.3, -0.25) is 9.78 Å². The van der Waals surface area contributed by atoms with Crippen LogP contribution in [0.5, 0.6) is 0 Å². The van der Waals surface area contributed by atoms with E-state index < -0.39 is 0 Å². The molecule has 0 atom stereocenters. The van der Waals surface area contributed by atoms with Crippen LogP contribution in [0.1, 0.15) is 28.4 Å². The average Bonchev–Trinajstić information content (AvgIpc) is 2.74. The zero-order valence-electron chi connectivity index (χ0n) is 16.0. The van der Waals surface area contributed by atoms with E-state index in [1.54, 1.807) is 60.6 Å². The smallest absolute Gasteiger partial charge is 0.338 e. The Morgan fingerprint density at radius 1 is 0.931 bits per heavy atom. The third-order valence-corrected chi connectivity index (χ3v) is 4.60. The molecule has 3 rings (SSSR count). The van der Waals surface area contributed by atoms with Crippen molar-refractivity contribution in [1.29, 1.82) is 0 Å². The SMILES string of the molecule is CCOC(=O)c1ccc(N(Cc2ccncc2)C(=O)Cc2ccc(Cl)cc2)cc1. The van der Waals surface area contributed by atoms with Gasteiger partial charge >= 0.3 is 5.97 Å². The molecule has 1 aromatic heterocycles. The summed E-state index contributed by atoms with van der Waals surface area (Å²) in [5.41, 5.74) is 2.99.